The Morgan fingerprint density at radius 3 is 2.53 bits per heavy atom. The van der Waals surface area contributed by atoms with Gasteiger partial charge in [-0.1, -0.05) is 23.2 Å². The largest absolute Gasteiger partial charge is 0.486 e. The summed E-state index contributed by atoms with van der Waals surface area (Å²) in [5.41, 5.74) is 7.97. The normalized spacial score (nSPS) is 16.1. The van der Waals surface area contributed by atoms with Crippen LogP contribution >= 0.6 is 23.2 Å². The number of benzene rings is 1. The first-order valence-corrected chi connectivity index (χ1v) is 12.3. The van der Waals surface area contributed by atoms with E-state index in [-0.39, 0.29) is 6.10 Å². The Balaban J connectivity index is 1.34. The quantitative estimate of drug-likeness (QED) is 0.319. The van der Waals surface area contributed by atoms with Gasteiger partial charge in [-0.25, -0.2) is 0 Å². The van der Waals surface area contributed by atoms with Crippen LogP contribution in [0.1, 0.15) is 38.9 Å². The number of ether oxygens (including phenoxy) is 1. The van der Waals surface area contributed by atoms with Gasteiger partial charge in [0.2, 0.25) is 0 Å². The van der Waals surface area contributed by atoms with E-state index < -0.39 is 11.1 Å². The number of H-pyrrole nitrogens is 1. The molecule has 4 N–H and O–H groups in total. The summed E-state index contributed by atoms with van der Waals surface area (Å²) in [6.45, 7) is 6.65. The van der Waals surface area contributed by atoms with Crippen molar-refractivity contribution in [2.45, 2.75) is 44.4 Å². The number of pyridine rings is 1. The molecule has 0 spiro atoms. The highest BCUT2D eigenvalue weighted by Crippen LogP contribution is 2.35. The lowest BCUT2D eigenvalue weighted by Gasteiger charge is -2.50. The number of hydrogen-bond acceptors (Lipinski definition) is 8. The third-order valence-electron chi connectivity index (χ3n) is 6.16. The van der Waals surface area contributed by atoms with Crippen molar-refractivity contribution < 1.29 is 9.84 Å². The number of anilines is 1. The van der Waals surface area contributed by atoms with Gasteiger partial charge in [-0.15, -0.1) is 10.2 Å². The molecule has 11 heteroatoms. The Kier molecular flexibility index (Phi) is 6.28. The van der Waals surface area contributed by atoms with Gasteiger partial charge >= 0.3 is 0 Å². The fourth-order valence-electron chi connectivity index (χ4n) is 4.80. The number of halogens is 2. The SMILES string of the molecule is C[C@@H](Oc1ccc2[nH]nc(-c3ccc(N4CC(N)(CC(C)(C)O)C4)nn3)c2c1)c1c(Cl)cncc1Cl. The zero-order chi connectivity index (χ0) is 25.7. The summed E-state index contributed by atoms with van der Waals surface area (Å²) >= 11 is 12.6. The second-order valence-electron chi connectivity index (χ2n) is 10.0. The molecule has 1 saturated heterocycles. The molecular weight excluding hydrogens is 501 g/mol. The summed E-state index contributed by atoms with van der Waals surface area (Å²) < 4.78 is 6.15. The van der Waals surface area contributed by atoms with E-state index in [0.29, 0.717) is 52.3 Å². The van der Waals surface area contributed by atoms with E-state index in [9.17, 15) is 5.11 Å². The highest BCUT2D eigenvalue weighted by atomic mass is 35.5. The summed E-state index contributed by atoms with van der Waals surface area (Å²) in [4.78, 5) is 6.05. The number of aromatic nitrogens is 5. The standard InChI is InChI=1S/C25H27Cl2N7O2/c1-14(22-17(26)9-29-10-18(22)27)36-15-4-5-19-16(8-15)23(33-30-19)20-6-7-21(32-31-20)34-12-25(28,13-34)11-24(2,3)35/h4-10,14,35H,11-13,28H2,1-3H3,(H,30,33)/t14-/m1/s1. The molecular formula is C25H27Cl2N7O2. The highest BCUT2D eigenvalue weighted by Gasteiger charge is 2.43. The van der Waals surface area contributed by atoms with Crippen molar-refractivity contribution in [3.8, 4) is 17.1 Å². The van der Waals surface area contributed by atoms with Crippen molar-refractivity contribution in [1.29, 1.82) is 0 Å². The Hall–Kier alpha value is -2.98. The van der Waals surface area contributed by atoms with E-state index in [0.717, 1.165) is 16.7 Å². The minimum absolute atomic E-state index is 0.387. The van der Waals surface area contributed by atoms with E-state index in [2.05, 4.69) is 25.4 Å². The molecule has 9 nitrogen and oxygen atoms in total. The fourth-order valence-corrected chi connectivity index (χ4v) is 5.48. The smallest absolute Gasteiger partial charge is 0.151 e. The van der Waals surface area contributed by atoms with Crippen molar-refractivity contribution in [2.75, 3.05) is 18.0 Å². The fraction of sp³-hybridized carbons (Fsp3) is 0.360. The Morgan fingerprint density at radius 1 is 1.17 bits per heavy atom. The molecule has 3 aromatic heterocycles. The summed E-state index contributed by atoms with van der Waals surface area (Å²) in [5, 5.41) is 28.1. The van der Waals surface area contributed by atoms with Gasteiger partial charge < -0.3 is 20.5 Å². The van der Waals surface area contributed by atoms with Gasteiger partial charge in [-0.3, -0.25) is 10.1 Å². The number of nitrogens with zero attached hydrogens (tertiary/aromatic N) is 5. The van der Waals surface area contributed by atoms with Crippen molar-refractivity contribution in [1.82, 2.24) is 25.4 Å². The molecule has 0 amide bonds. The number of hydrogen-bond donors (Lipinski definition) is 3. The van der Waals surface area contributed by atoms with Crippen molar-refractivity contribution in [3.05, 3.63) is 58.3 Å². The monoisotopic (exact) mass is 527 g/mol. The van der Waals surface area contributed by atoms with Gasteiger partial charge in [-0.05, 0) is 57.5 Å². The lowest BCUT2D eigenvalue weighted by atomic mass is 9.81. The molecule has 36 heavy (non-hydrogen) atoms. The molecule has 4 aromatic rings. The maximum Gasteiger partial charge on any atom is 0.151 e. The minimum Gasteiger partial charge on any atom is -0.486 e. The van der Waals surface area contributed by atoms with Crippen LogP contribution in [0.25, 0.3) is 22.3 Å². The Morgan fingerprint density at radius 2 is 1.89 bits per heavy atom. The average Bonchev–Trinajstić information content (AvgIpc) is 3.19. The number of aromatic amines is 1. The maximum absolute atomic E-state index is 10.1. The van der Waals surface area contributed by atoms with Crippen LogP contribution in [0, 0.1) is 0 Å². The third-order valence-corrected chi connectivity index (χ3v) is 6.76. The van der Waals surface area contributed by atoms with Crippen LogP contribution in [-0.2, 0) is 0 Å². The van der Waals surface area contributed by atoms with Gasteiger partial charge in [-0.2, -0.15) is 5.10 Å². The Bertz CT molecular complexity index is 1380. The van der Waals surface area contributed by atoms with Crippen molar-refractivity contribution >= 4 is 39.9 Å². The van der Waals surface area contributed by atoms with E-state index in [1.807, 2.05) is 42.2 Å². The van der Waals surface area contributed by atoms with Crippen LogP contribution in [0.15, 0.2) is 42.7 Å². The van der Waals surface area contributed by atoms with E-state index >= 15 is 0 Å². The van der Waals surface area contributed by atoms with Crippen molar-refractivity contribution in [2.24, 2.45) is 5.73 Å². The molecule has 0 aliphatic carbocycles. The second kappa shape index (κ2) is 9.15. The van der Waals surface area contributed by atoms with E-state index in [4.69, 9.17) is 33.7 Å². The first-order chi connectivity index (χ1) is 17.0. The van der Waals surface area contributed by atoms with Crippen molar-refractivity contribution in [3.63, 3.8) is 0 Å². The number of nitrogens with two attached hydrogens (primary N) is 1. The number of fused-ring (bicyclic) bond motifs is 1. The summed E-state index contributed by atoms with van der Waals surface area (Å²) in [6, 6.07) is 9.45. The topological polar surface area (TPSA) is 126 Å². The molecule has 1 aromatic carbocycles. The highest BCUT2D eigenvalue weighted by molar-refractivity contribution is 6.35. The summed E-state index contributed by atoms with van der Waals surface area (Å²) in [5.74, 6) is 1.37. The number of rotatable bonds is 7. The van der Waals surface area contributed by atoms with Crippen LogP contribution in [-0.4, -0.2) is 54.7 Å². The molecule has 1 aliphatic heterocycles. The molecule has 1 fully saturated rings. The molecule has 188 valence electrons. The average molecular weight is 528 g/mol. The summed E-state index contributed by atoms with van der Waals surface area (Å²) in [7, 11) is 0. The first kappa shape index (κ1) is 24.7. The predicted molar refractivity (Wildman–Crippen MR) is 140 cm³/mol. The number of nitrogens with one attached hydrogen (secondary N) is 1. The molecule has 4 heterocycles. The second-order valence-corrected chi connectivity index (χ2v) is 10.9. The predicted octanol–water partition coefficient (Wildman–Crippen LogP) is 4.54. The van der Waals surface area contributed by atoms with Gasteiger partial charge in [0.25, 0.3) is 0 Å². The lowest BCUT2D eigenvalue weighted by Crippen LogP contribution is -2.69. The van der Waals surface area contributed by atoms with Crippen LogP contribution < -0.4 is 15.4 Å². The van der Waals surface area contributed by atoms with E-state index in [1.165, 1.54) is 0 Å². The molecule has 0 unspecified atom stereocenters. The number of aliphatic hydroxyl groups is 1. The van der Waals surface area contributed by atoms with Gasteiger partial charge in [0.1, 0.15) is 23.2 Å². The summed E-state index contributed by atoms with van der Waals surface area (Å²) in [6.07, 6.45) is 3.22. The van der Waals surface area contributed by atoms with E-state index in [1.54, 1.807) is 26.2 Å². The van der Waals surface area contributed by atoms with Gasteiger partial charge in [0.05, 0.1) is 26.7 Å². The van der Waals surface area contributed by atoms with Crippen LogP contribution in [0.5, 0.6) is 5.75 Å². The molecule has 1 aliphatic rings. The third kappa shape index (κ3) is 4.97. The zero-order valence-electron chi connectivity index (χ0n) is 20.2. The first-order valence-electron chi connectivity index (χ1n) is 11.6. The zero-order valence-corrected chi connectivity index (χ0v) is 21.7. The van der Waals surface area contributed by atoms with Crippen LogP contribution in [0.3, 0.4) is 0 Å². The maximum atomic E-state index is 10.1. The molecule has 0 saturated carbocycles. The minimum atomic E-state index is -0.811. The van der Waals surface area contributed by atoms with Crippen LogP contribution in [0.4, 0.5) is 5.82 Å². The van der Waals surface area contributed by atoms with Crippen LogP contribution in [0.2, 0.25) is 10.0 Å². The molecule has 0 bridgehead atoms. The lowest BCUT2D eigenvalue weighted by molar-refractivity contribution is 0.0385. The molecule has 5 rings (SSSR count). The van der Waals surface area contributed by atoms with Gasteiger partial charge in [0, 0.05) is 36.4 Å². The molecule has 0 radical (unpaired) electrons. The van der Waals surface area contributed by atoms with Gasteiger partial charge in [0.15, 0.2) is 5.82 Å². The molecule has 1 atom stereocenters. The Labute approximate surface area is 218 Å².